The van der Waals surface area contributed by atoms with Crippen molar-refractivity contribution in [2.45, 2.75) is 6.92 Å². The number of aromatic nitrogens is 5. The quantitative estimate of drug-likeness (QED) is 0.338. The Morgan fingerprint density at radius 3 is 2.72 bits per heavy atom. The summed E-state index contributed by atoms with van der Waals surface area (Å²) in [6.07, 6.45) is 0. The maximum absolute atomic E-state index is 5.86. The van der Waals surface area contributed by atoms with Crippen molar-refractivity contribution in [3.63, 3.8) is 0 Å². The van der Waals surface area contributed by atoms with Gasteiger partial charge >= 0.3 is 6.01 Å². The van der Waals surface area contributed by atoms with Crippen LogP contribution in [0.25, 0.3) is 11.4 Å². The summed E-state index contributed by atoms with van der Waals surface area (Å²) in [6.45, 7) is 2.74. The van der Waals surface area contributed by atoms with Crippen LogP contribution in [0.3, 0.4) is 0 Å². The number of rotatable bonds is 9. The molecule has 10 heteroatoms. The number of H-pyrrole nitrogens is 1. The minimum Gasteiger partial charge on any atom is -0.461 e. The summed E-state index contributed by atoms with van der Waals surface area (Å²) in [5.41, 5.74) is 8.70. The standard InChI is InChI=1S/C22H23N7O3/c1-14-5-3-7-16(11-14)24-21-27-20(28-29-21)15-6-4-8-17(12-15)32-19-13-18(23)25-22(26-19)31-10-9-30-2/h3-8,11-13H,9-10H2,1-2H3,(H2,23,25,26)(H2,24,27,28,29). The fraction of sp³-hybridized carbons (Fsp3) is 0.182. The van der Waals surface area contributed by atoms with Crippen LogP contribution in [0.2, 0.25) is 0 Å². The van der Waals surface area contributed by atoms with Crippen molar-refractivity contribution in [3.8, 4) is 29.0 Å². The van der Waals surface area contributed by atoms with Gasteiger partial charge in [-0.15, -0.1) is 5.10 Å². The predicted octanol–water partition coefficient (Wildman–Crippen LogP) is 3.71. The minimum atomic E-state index is 0.121. The minimum absolute atomic E-state index is 0.121. The highest BCUT2D eigenvalue weighted by atomic mass is 16.5. The number of aryl methyl sites for hydroxylation is 1. The first-order valence-corrected chi connectivity index (χ1v) is 9.90. The Morgan fingerprint density at radius 2 is 1.88 bits per heavy atom. The van der Waals surface area contributed by atoms with E-state index in [1.54, 1.807) is 13.2 Å². The van der Waals surface area contributed by atoms with E-state index in [-0.39, 0.29) is 17.7 Å². The van der Waals surface area contributed by atoms with Crippen molar-refractivity contribution < 1.29 is 14.2 Å². The van der Waals surface area contributed by atoms with Crippen molar-refractivity contribution in [1.82, 2.24) is 25.1 Å². The molecule has 0 bridgehead atoms. The number of nitrogens with one attached hydrogen (secondary N) is 2. The molecule has 0 amide bonds. The third-order valence-electron chi connectivity index (χ3n) is 4.31. The van der Waals surface area contributed by atoms with Gasteiger partial charge in [-0.25, -0.2) is 0 Å². The maximum atomic E-state index is 5.86. The van der Waals surface area contributed by atoms with Crippen LogP contribution in [0.4, 0.5) is 17.5 Å². The van der Waals surface area contributed by atoms with E-state index in [2.05, 4.69) is 30.5 Å². The summed E-state index contributed by atoms with van der Waals surface area (Å²) >= 11 is 0. The summed E-state index contributed by atoms with van der Waals surface area (Å²) in [7, 11) is 1.58. The lowest BCUT2D eigenvalue weighted by Crippen LogP contribution is -2.08. The SMILES string of the molecule is COCCOc1nc(N)cc(Oc2cccc(-c3nc(Nc4cccc(C)c4)n[nH]3)c2)n1. The molecule has 0 aliphatic carbocycles. The monoisotopic (exact) mass is 433 g/mol. The molecule has 0 saturated heterocycles. The van der Waals surface area contributed by atoms with E-state index in [4.69, 9.17) is 19.9 Å². The number of nitrogens with two attached hydrogens (primary N) is 1. The third kappa shape index (κ3) is 5.49. The number of methoxy groups -OCH3 is 1. The van der Waals surface area contributed by atoms with Gasteiger partial charge in [-0.05, 0) is 36.8 Å². The maximum Gasteiger partial charge on any atom is 0.321 e. The second-order valence-electron chi connectivity index (χ2n) is 6.89. The van der Waals surface area contributed by atoms with Crippen LogP contribution in [0.1, 0.15) is 5.56 Å². The smallest absolute Gasteiger partial charge is 0.321 e. The Balaban J connectivity index is 1.48. The second kappa shape index (κ2) is 9.75. The van der Waals surface area contributed by atoms with Gasteiger partial charge in [0.1, 0.15) is 18.2 Å². The van der Waals surface area contributed by atoms with Gasteiger partial charge in [0.25, 0.3) is 0 Å². The van der Waals surface area contributed by atoms with E-state index in [1.165, 1.54) is 6.07 Å². The first kappa shape index (κ1) is 21.1. The van der Waals surface area contributed by atoms with E-state index >= 15 is 0 Å². The van der Waals surface area contributed by atoms with E-state index in [1.807, 2.05) is 49.4 Å². The molecule has 4 aromatic rings. The Labute approximate surface area is 184 Å². The molecule has 10 nitrogen and oxygen atoms in total. The van der Waals surface area contributed by atoms with Gasteiger partial charge in [0.15, 0.2) is 5.82 Å². The highest BCUT2D eigenvalue weighted by molar-refractivity contribution is 5.61. The Morgan fingerprint density at radius 1 is 1.00 bits per heavy atom. The number of nitrogens with zero attached hydrogens (tertiary/aromatic N) is 4. The van der Waals surface area contributed by atoms with Gasteiger partial charge in [-0.3, -0.25) is 5.10 Å². The molecule has 0 atom stereocenters. The van der Waals surface area contributed by atoms with Crippen LogP contribution in [0.5, 0.6) is 17.6 Å². The van der Waals surface area contributed by atoms with Crippen LogP contribution in [-0.4, -0.2) is 45.5 Å². The van der Waals surface area contributed by atoms with Crippen molar-refractivity contribution in [3.05, 3.63) is 60.2 Å². The lowest BCUT2D eigenvalue weighted by Gasteiger charge is -2.09. The fourth-order valence-electron chi connectivity index (χ4n) is 2.88. The van der Waals surface area contributed by atoms with Gasteiger partial charge in [0, 0.05) is 24.4 Å². The Bertz CT molecular complexity index is 1200. The number of hydrogen-bond donors (Lipinski definition) is 3. The topological polar surface area (TPSA) is 133 Å². The molecule has 4 N–H and O–H groups in total. The van der Waals surface area contributed by atoms with Gasteiger partial charge < -0.3 is 25.3 Å². The van der Waals surface area contributed by atoms with Crippen molar-refractivity contribution in [2.24, 2.45) is 0 Å². The number of aromatic amines is 1. The molecular formula is C22H23N7O3. The molecule has 32 heavy (non-hydrogen) atoms. The molecule has 0 fully saturated rings. The zero-order chi connectivity index (χ0) is 22.3. The predicted molar refractivity (Wildman–Crippen MR) is 120 cm³/mol. The van der Waals surface area contributed by atoms with E-state index in [0.717, 1.165) is 16.8 Å². The van der Waals surface area contributed by atoms with Crippen LogP contribution < -0.4 is 20.5 Å². The number of anilines is 3. The van der Waals surface area contributed by atoms with Gasteiger partial charge in [-0.2, -0.15) is 15.0 Å². The molecule has 0 radical (unpaired) electrons. The molecule has 2 aromatic heterocycles. The molecule has 4 rings (SSSR count). The normalized spacial score (nSPS) is 10.7. The Hall–Kier alpha value is -4.18. The fourth-order valence-corrected chi connectivity index (χ4v) is 2.88. The molecule has 164 valence electrons. The first-order chi connectivity index (χ1) is 15.6. The number of ether oxygens (including phenoxy) is 3. The zero-order valence-corrected chi connectivity index (χ0v) is 17.7. The molecule has 0 saturated carbocycles. The molecule has 0 spiro atoms. The van der Waals surface area contributed by atoms with Crippen molar-refractivity contribution in [2.75, 3.05) is 31.4 Å². The highest BCUT2D eigenvalue weighted by Gasteiger charge is 2.10. The molecular weight excluding hydrogens is 410 g/mol. The van der Waals surface area contributed by atoms with Crippen LogP contribution in [0.15, 0.2) is 54.6 Å². The number of benzene rings is 2. The van der Waals surface area contributed by atoms with Crippen LogP contribution >= 0.6 is 0 Å². The summed E-state index contributed by atoms with van der Waals surface area (Å²) < 4.78 is 16.2. The second-order valence-corrected chi connectivity index (χ2v) is 6.89. The van der Waals surface area contributed by atoms with Gasteiger partial charge in [-0.1, -0.05) is 24.3 Å². The lowest BCUT2D eigenvalue weighted by molar-refractivity contribution is 0.140. The first-order valence-electron chi connectivity index (χ1n) is 9.90. The highest BCUT2D eigenvalue weighted by Crippen LogP contribution is 2.27. The molecule has 0 aliphatic rings. The van der Waals surface area contributed by atoms with Crippen LogP contribution in [0, 0.1) is 6.92 Å². The summed E-state index contributed by atoms with van der Waals surface area (Å²) in [5, 5.41) is 10.4. The lowest BCUT2D eigenvalue weighted by atomic mass is 10.2. The van der Waals surface area contributed by atoms with E-state index in [0.29, 0.717) is 30.7 Å². The molecule has 0 unspecified atom stereocenters. The van der Waals surface area contributed by atoms with E-state index in [9.17, 15) is 0 Å². The van der Waals surface area contributed by atoms with Gasteiger partial charge in [0.05, 0.1) is 6.61 Å². The summed E-state index contributed by atoms with van der Waals surface area (Å²) in [5.74, 6) is 2.12. The summed E-state index contributed by atoms with van der Waals surface area (Å²) in [6, 6.07) is 17.0. The average molecular weight is 433 g/mol. The van der Waals surface area contributed by atoms with Gasteiger partial charge in [0.2, 0.25) is 11.8 Å². The Kier molecular flexibility index (Phi) is 6.42. The summed E-state index contributed by atoms with van der Waals surface area (Å²) in [4.78, 5) is 12.8. The van der Waals surface area contributed by atoms with Crippen LogP contribution in [-0.2, 0) is 4.74 Å². The van der Waals surface area contributed by atoms with Crippen molar-refractivity contribution in [1.29, 1.82) is 0 Å². The molecule has 2 aromatic carbocycles. The van der Waals surface area contributed by atoms with E-state index < -0.39 is 0 Å². The zero-order valence-electron chi connectivity index (χ0n) is 17.7. The number of hydrogen-bond acceptors (Lipinski definition) is 9. The number of nitrogen functional groups attached to an aromatic ring is 1. The average Bonchev–Trinajstić information content (AvgIpc) is 3.22. The van der Waals surface area contributed by atoms with Crippen molar-refractivity contribution >= 4 is 17.5 Å². The largest absolute Gasteiger partial charge is 0.461 e. The molecule has 0 aliphatic heterocycles. The third-order valence-corrected chi connectivity index (χ3v) is 4.31. The molecule has 2 heterocycles.